The zero-order valence-electron chi connectivity index (χ0n) is 15.6. The SMILES string of the molecule is O=C(NNC(=O)C1CCN(S(=O)(=O)c2cc(Cl)ccc2Cl)CC1)c1ccccc1Cl. The number of halogens is 3. The van der Waals surface area contributed by atoms with Gasteiger partial charge in [-0.2, -0.15) is 4.31 Å². The molecule has 1 aliphatic rings. The highest BCUT2D eigenvalue weighted by atomic mass is 35.5. The third kappa shape index (κ3) is 5.07. The summed E-state index contributed by atoms with van der Waals surface area (Å²) in [6.07, 6.45) is 0.594. The number of hydrogen-bond donors (Lipinski definition) is 2. The van der Waals surface area contributed by atoms with Gasteiger partial charge in [0.15, 0.2) is 0 Å². The van der Waals surface area contributed by atoms with Crippen molar-refractivity contribution in [3.8, 4) is 0 Å². The highest BCUT2D eigenvalue weighted by Crippen LogP contribution is 2.30. The first kappa shape index (κ1) is 22.8. The van der Waals surface area contributed by atoms with Crippen molar-refractivity contribution in [1.82, 2.24) is 15.2 Å². The Kier molecular flexibility index (Phi) is 7.26. The normalized spacial score (nSPS) is 15.6. The Bertz CT molecular complexity index is 1070. The highest BCUT2D eigenvalue weighted by molar-refractivity contribution is 7.89. The number of carbonyl (C=O) groups is 2. The molecule has 1 saturated heterocycles. The molecule has 0 radical (unpaired) electrons. The summed E-state index contributed by atoms with van der Waals surface area (Å²) in [5, 5.41) is 0.616. The van der Waals surface area contributed by atoms with Gasteiger partial charge in [-0.1, -0.05) is 46.9 Å². The molecule has 0 saturated carbocycles. The van der Waals surface area contributed by atoms with Gasteiger partial charge in [-0.25, -0.2) is 8.42 Å². The second kappa shape index (κ2) is 9.53. The number of hydrazine groups is 1. The molecule has 30 heavy (non-hydrogen) atoms. The van der Waals surface area contributed by atoms with Gasteiger partial charge >= 0.3 is 0 Å². The summed E-state index contributed by atoms with van der Waals surface area (Å²) in [6.45, 7) is 0.281. The molecule has 0 atom stereocenters. The molecule has 7 nitrogen and oxygen atoms in total. The van der Waals surface area contributed by atoms with Crippen molar-refractivity contribution in [2.45, 2.75) is 17.7 Å². The molecule has 1 fully saturated rings. The summed E-state index contributed by atoms with van der Waals surface area (Å²) in [4.78, 5) is 24.4. The van der Waals surface area contributed by atoms with E-state index in [4.69, 9.17) is 34.8 Å². The topological polar surface area (TPSA) is 95.6 Å². The molecule has 1 heterocycles. The molecule has 3 rings (SSSR count). The Hall–Kier alpha value is -1.84. The van der Waals surface area contributed by atoms with E-state index < -0.39 is 27.8 Å². The number of carbonyl (C=O) groups excluding carboxylic acids is 2. The molecule has 2 aromatic carbocycles. The van der Waals surface area contributed by atoms with Crippen LogP contribution in [0.1, 0.15) is 23.2 Å². The molecular formula is C19H18Cl3N3O4S. The van der Waals surface area contributed by atoms with E-state index in [0.29, 0.717) is 12.8 Å². The predicted octanol–water partition coefficient (Wildman–Crippen LogP) is 3.51. The van der Waals surface area contributed by atoms with Crippen LogP contribution in [-0.2, 0) is 14.8 Å². The summed E-state index contributed by atoms with van der Waals surface area (Å²) in [5.41, 5.74) is 4.94. The Balaban J connectivity index is 1.57. The molecule has 0 spiro atoms. The lowest BCUT2D eigenvalue weighted by Crippen LogP contribution is -2.48. The van der Waals surface area contributed by atoms with E-state index >= 15 is 0 Å². The van der Waals surface area contributed by atoms with Gasteiger partial charge in [0.1, 0.15) is 4.90 Å². The lowest BCUT2D eigenvalue weighted by atomic mass is 9.98. The number of amides is 2. The maximum Gasteiger partial charge on any atom is 0.271 e. The Morgan fingerprint density at radius 3 is 2.27 bits per heavy atom. The van der Waals surface area contributed by atoms with E-state index in [-0.39, 0.29) is 38.6 Å². The fourth-order valence-corrected chi connectivity index (χ4v) is 5.53. The minimum Gasteiger partial charge on any atom is -0.273 e. The summed E-state index contributed by atoms with van der Waals surface area (Å²) >= 11 is 17.9. The van der Waals surface area contributed by atoms with Gasteiger partial charge in [0.25, 0.3) is 5.91 Å². The maximum absolute atomic E-state index is 12.9. The van der Waals surface area contributed by atoms with Crippen molar-refractivity contribution in [2.75, 3.05) is 13.1 Å². The Morgan fingerprint density at radius 1 is 0.933 bits per heavy atom. The van der Waals surface area contributed by atoms with E-state index in [1.54, 1.807) is 18.2 Å². The van der Waals surface area contributed by atoms with Crippen molar-refractivity contribution in [3.05, 3.63) is 63.1 Å². The molecule has 0 aromatic heterocycles. The van der Waals surface area contributed by atoms with Gasteiger partial charge in [-0.15, -0.1) is 0 Å². The summed E-state index contributed by atoms with van der Waals surface area (Å²) in [5.74, 6) is -1.38. The van der Waals surface area contributed by atoms with Gasteiger partial charge in [0.2, 0.25) is 15.9 Å². The lowest BCUT2D eigenvalue weighted by Gasteiger charge is -2.30. The fourth-order valence-electron chi connectivity index (χ4n) is 3.11. The monoisotopic (exact) mass is 489 g/mol. The summed E-state index contributed by atoms with van der Waals surface area (Å²) in [6, 6.07) is 10.7. The fraction of sp³-hybridized carbons (Fsp3) is 0.263. The number of nitrogens with zero attached hydrogens (tertiary/aromatic N) is 1. The van der Waals surface area contributed by atoms with Crippen molar-refractivity contribution in [1.29, 1.82) is 0 Å². The van der Waals surface area contributed by atoms with Gasteiger partial charge in [-0.05, 0) is 43.2 Å². The van der Waals surface area contributed by atoms with Crippen LogP contribution in [0.5, 0.6) is 0 Å². The first-order valence-electron chi connectivity index (χ1n) is 9.00. The molecular weight excluding hydrogens is 473 g/mol. The molecule has 0 aliphatic carbocycles. The van der Waals surface area contributed by atoms with Crippen LogP contribution in [0.15, 0.2) is 47.4 Å². The van der Waals surface area contributed by atoms with Crippen molar-refractivity contribution in [3.63, 3.8) is 0 Å². The van der Waals surface area contributed by atoms with Gasteiger partial charge in [0, 0.05) is 24.0 Å². The van der Waals surface area contributed by atoms with Crippen LogP contribution in [0.25, 0.3) is 0 Å². The number of sulfonamides is 1. The van der Waals surface area contributed by atoms with Crippen molar-refractivity contribution < 1.29 is 18.0 Å². The smallest absolute Gasteiger partial charge is 0.271 e. The second-order valence-electron chi connectivity index (χ2n) is 6.68. The molecule has 2 aromatic rings. The van der Waals surface area contributed by atoms with Crippen LogP contribution in [0.3, 0.4) is 0 Å². The number of benzene rings is 2. The third-order valence-corrected chi connectivity index (χ3v) is 7.70. The zero-order chi connectivity index (χ0) is 21.9. The highest BCUT2D eigenvalue weighted by Gasteiger charge is 2.33. The van der Waals surface area contributed by atoms with E-state index in [0.717, 1.165) is 0 Å². The Labute approximate surface area is 189 Å². The molecule has 2 N–H and O–H groups in total. The molecule has 2 amide bonds. The minimum absolute atomic E-state index is 0.0634. The van der Waals surface area contributed by atoms with E-state index in [1.807, 2.05) is 0 Å². The molecule has 0 bridgehead atoms. The number of nitrogens with one attached hydrogen (secondary N) is 2. The molecule has 0 unspecified atom stereocenters. The molecule has 11 heteroatoms. The largest absolute Gasteiger partial charge is 0.273 e. The zero-order valence-corrected chi connectivity index (χ0v) is 18.7. The van der Waals surface area contributed by atoms with Crippen molar-refractivity contribution in [2.24, 2.45) is 5.92 Å². The summed E-state index contributed by atoms with van der Waals surface area (Å²) < 4.78 is 27.0. The Morgan fingerprint density at radius 2 is 1.60 bits per heavy atom. The molecule has 160 valence electrons. The maximum atomic E-state index is 12.9. The van der Waals surface area contributed by atoms with E-state index in [2.05, 4.69) is 10.9 Å². The number of rotatable bonds is 4. The average Bonchev–Trinajstić information content (AvgIpc) is 2.73. The predicted molar refractivity (Wildman–Crippen MR) is 115 cm³/mol. The molecule has 1 aliphatic heterocycles. The van der Waals surface area contributed by atoms with E-state index in [9.17, 15) is 18.0 Å². The first-order valence-corrected chi connectivity index (χ1v) is 11.6. The summed E-state index contributed by atoms with van der Waals surface area (Å²) in [7, 11) is -3.83. The van der Waals surface area contributed by atoms with Gasteiger partial charge < -0.3 is 0 Å². The lowest BCUT2D eigenvalue weighted by molar-refractivity contribution is -0.126. The minimum atomic E-state index is -3.83. The van der Waals surface area contributed by atoms with Crippen molar-refractivity contribution >= 4 is 56.6 Å². The third-order valence-electron chi connectivity index (χ3n) is 4.75. The first-order chi connectivity index (χ1) is 14.2. The van der Waals surface area contributed by atoms with Crippen LogP contribution < -0.4 is 10.9 Å². The van der Waals surface area contributed by atoms with E-state index in [1.165, 1.54) is 28.6 Å². The van der Waals surface area contributed by atoms with Crippen LogP contribution in [0.2, 0.25) is 15.1 Å². The van der Waals surface area contributed by atoms with Gasteiger partial charge in [0.05, 0.1) is 15.6 Å². The van der Waals surface area contributed by atoms with Gasteiger partial charge in [-0.3, -0.25) is 20.4 Å². The number of hydrogen-bond acceptors (Lipinski definition) is 4. The van der Waals surface area contributed by atoms with Crippen LogP contribution in [0.4, 0.5) is 0 Å². The van der Waals surface area contributed by atoms with Crippen LogP contribution in [0, 0.1) is 5.92 Å². The quantitative estimate of drug-likeness (QED) is 0.641. The second-order valence-corrected chi connectivity index (χ2v) is 9.83. The number of piperidine rings is 1. The average molecular weight is 491 g/mol. The van der Waals surface area contributed by atoms with Crippen LogP contribution in [-0.4, -0.2) is 37.6 Å². The standard InChI is InChI=1S/C19H18Cl3N3O4S/c20-13-5-6-16(22)17(11-13)30(28,29)25-9-7-12(8-10-25)18(26)23-24-19(27)14-3-1-2-4-15(14)21/h1-6,11-12H,7-10H2,(H,23,26)(H,24,27). The van der Waals surface area contributed by atoms with Crippen LogP contribution >= 0.6 is 34.8 Å².